The number of nitrogens with one attached hydrogen (secondary N) is 1. The summed E-state index contributed by atoms with van der Waals surface area (Å²) in [6.45, 7) is 17.6. The lowest BCUT2D eigenvalue weighted by molar-refractivity contribution is 0.0769. The molecule has 0 radical (unpaired) electrons. The molecule has 116 valence electrons. The third-order valence-corrected chi connectivity index (χ3v) is 3.80. The quantitative estimate of drug-likeness (QED) is 0.661. The van der Waals surface area contributed by atoms with Crippen LogP contribution in [0.1, 0.15) is 54.4 Å². The molecule has 19 heavy (non-hydrogen) atoms. The average molecular weight is 272 g/mol. The largest absolute Gasteiger partial charge is 0.383 e. The fourth-order valence-corrected chi connectivity index (χ4v) is 2.32. The fraction of sp³-hybridized carbons (Fsp3) is 1.00. The molecule has 0 saturated heterocycles. The van der Waals surface area contributed by atoms with Crippen molar-refractivity contribution in [2.75, 3.05) is 33.4 Å². The van der Waals surface area contributed by atoms with Crippen LogP contribution in [0.25, 0.3) is 0 Å². The van der Waals surface area contributed by atoms with Crippen molar-refractivity contribution in [2.45, 2.75) is 66.0 Å². The molecule has 1 N–H and O–H groups in total. The first kappa shape index (κ1) is 18.9. The molecule has 0 aromatic carbocycles. The summed E-state index contributed by atoms with van der Waals surface area (Å²) >= 11 is 0. The van der Waals surface area contributed by atoms with E-state index in [0.29, 0.717) is 6.04 Å². The molecular weight excluding hydrogens is 236 g/mol. The van der Waals surface area contributed by atoms with E-state index in [1.807, 2.05) is 0 Å². The third kappa shape index (κ3) is 8.61. The molecule has 0 aliphatic carbocycles. The van der Waals surface area contributed by atoms with Crippen molar-refractivity contribution in [2.24, 2.45) is 5.92 Å². The Kier molecular flexibility index (Phi) is 9.67. The van der Waals surface area contributed by atoms with Gasteiger partial charge in [-0.25, -0.2) is 0 Å². The summed E-state index contributed by atoms with van der Waals surface area (Å²) < 4.78 is 5.42. The molecule has 0 aliphatic rings. The first-order valence-corrected chi connectivity index (χ1v) is 7.85. The molecule has 0 aromatic heterocycles. The van der Waals surface area contributed by atoms with Crippen molar-refractivity contribution in [1.82, 2.24) is 10.2 Å². The van der Waals surface area contributed by atoms with E-state index in [1.165, 1.54) is 19.4 Å². The van der Waals surface area contributed by atoms with Crippen LogP contribution in [0.2, 0.25) is 0 Å². The predicted octanol–water partition coefficient (Wildman–Crippen LogP) is 3.15. The monoisotopic (exact) mass is 272 g/mol. The number of likely N-dealkylation sites (N-methyl/N-ethyl adjacent to an activating group) is 1. The van der Waals surface area contributed by atoms with Crippen molar-refractivity contribution in [3.05, 3.63) is 0 Å². The molecule has 3 heteroatoms. The highest BCUT2D eigenvalue weighted by Gasteiger charge is 2.21. The van der Waals surface area contributed by atoms with Crippen LogP contribution in [0, 0.1) is 5.92 Å². The number of nitrogens with zero attached hydrogens (tertiary/aromatic N) is 1. The van der Waals surface area contributed by atoms with Gasteiger partial charge in [-0.3, -0.25) is 4.90 Å². The number of ether oxygens (including phenoxy) is 1. The van der Waals surface area contributed by atoms with E-state index in [2.05, 4.69) is 51.8 Å². The van der Waals surface area contributed by atoms with Gasteiger partial charge in [-0.1, -0.05) is 33.6 Å². The Labute approximate surface area is 121 Å². The lowest BCUT2D eigenvalue weighted by Crippen LogP contribution is -2.50. The maximum atomic E-state index is 5.42. The highest BCUT2D eigenvalue weighted by molar-refractivity contribution is 4.79. The van der Waals surface area contributed by atoms with E-state index >= 15 is 0 Å². The minimum atomic E-state index is 0.167. The van der Waals surface area contributed by atoms with Gasteiger partial charge in [-0.15, -0.1) is 0 Å². The molecule has 1 unspecified atom stereocenters. The SMILES string of the molecule is CCC(CC)CN(CC)C(CNC(C)(C)C)COC. The highest BCUT2D eigenvalue weighted by Crippen LogP contribution is 2.13. The standard InChI is InChI=1S/C16H36N2O/c1-8-14(9-2)12-18(10-3)15(13-19-7)11-17-16(4,5)6/h14-15,17H,8-13H2,1-7H3. The summed E-state index contributed by atoms with van der Waals surface area (Å²) in [7, 11) is 1.80. The van der Waals surface area contributed by atoms with Gasteiger partial charge in [0, 0.05) is 31.8 Å². The zero-order chi connectivity index (χ0) is 14.9. The van der Waals surface area contributed by atoms with Crippen LogP contribution in [0.5, 0.6) is 0 Å². The molecule has 0 aromatic rings. The predicted molar refractivity (Wildman–Crippen MR) is 84.7 cm³/mol. The summed E-state index contributed by atoms with van der Waals surface area (Å²) in [4.78, 5) is 2.57. The second-order valence-corrected chi connectivity index (χ2v) is 6.51. The zero-order valence-corrected chi connectivity index (χ0v) is 14.3. The van der Waals surface area contributed by atoms with Gasteiger partial charge in [0.15, 0.2) is 0 Å². The minimum Gasteiger partial charge on any atom is -0.383 e. The van der Waals surface area contributed by atoms with Crippen LogP contribution in [-0.4, -0.2) is 49.8 Å². The first-order valence-electron chi connectivity index (χ1n) is 7.85. The Bertz CT molecular complexity index is 209. The van der Waals surface area contributed by atoms with E-state index < -0.39 is 0 Å². The topological polar surface area (TPSA) is 24.5 Å². The Morgan fingerprint density at radius 2 is 1.68 bits per heavy atom. The van der Waals surface area contributed by atoms with Gasteiger partial charge >= 0.3 is 0 Å². The van der Waals surface area contributed by atoms with Gasteiger partial charge < -0.3 is 10.1 Å². The first-order chi connectivity index (χ1) is 8.87. The molecule has 0 rings (SSSR count). The van der Waals surface area contributed by atoms with Gasteiger partial charge in [0.2, 0.25) is 0 Å². The van der Waals surface area contributed by atoms with Crippen molar-refractivity contribution in [3.8, 4) is 0 Å². The van der Waals surface area contributed by atoms with Crippen molar-refractivity contribution in [3.63, 3.8) is 0 Å². The van der Waals surface area contributed by atoms with E-state index in [9.17, 15) is 0 Å². The van der Waals surface area contributed by atoms with Crippen molar-refractivity contribution in [1.29, 1.82) is 0 Å². The normalized spacial score (nSPS) is 14.4. The maximum absolute atomic E-state index is 5.42. The molecule has 0 heterocycles. The molecule has 3 nitrogen and oxygen atoms in total. The maximum Gasteiger partial charge on any atom is 0.0630 e. The Hall–Kier alpha value is -0.120. The molecule has 0 aliphatic heterocycles. The average Bonchev–Trinajstić information content (AvgIpc) is 2.35. The minimum absolute atomic E-state index is 0.167. The van der Waals surface area contributed by atoms with Crippen LogP contribution >= 0.6 is 0 Å². The van der Waals surface area contributed by atoms with E-state index in [0.717, 1.165) is 25.6 Å². The van der Waals surface area contributed by atoms with Crippen molar-refractivity contribution >= 4 is 0 Å². The van der Waals surface area contributed by atoms with Crippen LogP contribution < -0.4 is 5.32 Å². The Balaban J connectivity index is 4.51. The molecule has 1 atom stereocenters. The molecule has 0 amide bonds. The van der Waals surface area contributed by atoms with Gasteiger partial charge in [0.05, 0.1) is 6.61 Å². The molecule has 0 bridgehead atoms. The van der Waals surface area contributed by atoms with E-state index in [-0.39, 0.29) is 5.54 Å². The van der Waals surface area contributed by atoms with Crippen molar-refractivity contribution < 1.29 is 4.74 Å². The van der Waals surface area contributed by atoms with E-state index in [1.54, 1.807) is 7.11 Å². The highest BCUT2D eigenvalue weighted by atomic mass is 16.5. The number of hydrogen-bond donors (Lipinski definition) is 1. The Morgan fingerprint density at radius 3 is 2.05 bits per heavy atom. The van der Waals surface area contributed by atoms with Gasteiger partial charge in [-0.2, -0.15) is 0 Å². The van der Waals surface area contributed by atoms with Crippen LogP contribution in [0.4, 0.5) is 0 Å². The van der Waals surface area contributed by atoms with Crippen LogP contribution in [0.15, 0.2) is 0 Å². The molecule has 0 saturated carbocycles. The fourth-order valence-electron chi connectivity index (χ4n) is 2.32. The molecule has 0 spiro atoms. The molecular formula is C16H36N2O. The van der Waals surface area contributed by atoms with Gasteiger partial charge in [0.25, 0.3) is 0 Å². The smallest absolute Gasteiger partial charge is 0.0630 e. The van der Waals surface area contributed by atoms with Gasteiger partial charge in [-0.05, 0) is 33.2 Å². The summed E-state index contributed by atoms with van der Waals surface area (Å²) in [5.74, 6) is 0.800. The number of methoxy groups -OCH3 is 1. The lowest BCUT2D eigenvalue weighted by atomic mass is 10.0. The third-order valence-electron chi connectivity index (χ3n) is 3.80. The number of hydrogen-bond acceptors (Lipinski definition) is 3. The summed E-state index contributed by atoms with van der Waals surface area (Å²) in [5.41, 5.74) is 0.167. The zero-order valence-electron chi connectivity index (χ0n) is 14.3. The summed E-state index contributed by atoms with van der Waals surface area (Å²) in [6.07, 6.45) is 2.53. The second-order valence-electron chi connectivity index (χ2n) is 6.51. The Morgan fingerprint density at radius 1 is 1.11 bits per heavy atom. The van der Waals surface area contributed by atoms with E-state index in [4.69, 9.17) is 4.74 Å². The number of rotatable bonds is 10. The van der Waals surface area contributed by atoms with Gasteiger partial charge in [0.1, 0.15) is 0 Å². The summed E-state index contributed by atoms with van der Waals surface area (Å²) in [5, 5.41) is 3.61. The van der Waals surface area contributed by atoms with Crippen LogP contribution in [-0.2, 0) is 4.74 Å². The van der Waals surface area contributed by atoms with Crippen LogP contribution in [0.3, 0.4) is 0 Å². The summed E-state index contributed by atoms with van der Waals surface area (Å²) in [6, 6.07) is 0.467. The molecule has 0 fully saturated rings. The lowest BCUT2D eigenvalue weighted by Gasteiger charge is -2.35. The second kappa shape index (κ2) is 9.73.